The van der Waals surface area contributed by atoms with E-state index in [1.54, 1.807) is 36.4 Å². The van der Waals surface area contributed by atoms with Crippen LogP contribution in [-0.2, 0) is 30.3 Å². The fourth-order valence-corrected chi connectivity index (χ4v) is 4.62. The molecule has 1 N–H and O–H groups in total. The number of methoxy groups -OCH3 is 1. The van der Waals surface area contributed by atoms with Gasteiger partial charge in [0.1, 0.15) is 0 Å². The van der Waals surface area contributed by atoms with E-state index in [-0.39, 0.29) is 29.0 Å². The average Bonchev–Trinajstić information content (AvgIpc) is 3.01. The number of nitrogens with zero attached hydrogens (tertiary/aromatic N) is 1. The molecule has 1 fully saturated rings. The third-order valence-corrected chi connectivity index (χ3v) is 5.99. The van der Waals surface area contributed by atoms with E-state index in [9.17, 15) is 24.0 Å². The molecule has 2 aliphatic heterocycles. The van der Waals surface area contributed by atoms with Gasteiger partial charge in [-0.2, -0.15) is 0 Å². The molecular weight excluding hydrogens is 358 g/mol. The Morgan fingerprint density at radius 1 is 1.38 bits per heavy atom. The van der Waals surface area contributed by atoms with Gasteiger partial charge in [0.15, 0.2) is 15.5 Å². The molecule has 0 aromatic heterocycles. The molecule has 0 spiro atoms. The van der Waals surface area contributed by atoms with Crippen LogP contribution in [0.5, 0.6) is 0 Å². The number of carboxylic acids is 1. The topological polar surface area (TPSA) is 107 Å². The van der Waals surface area contributed by atoms with Crippen molar-refractivity contribution < 1.29 is 28.8 Å². The summed E-state index contributed by atoms with van der Waals surface area (Å²) >= 11 is -1.64. The second kappa shape index (κ2) is 7.35. The van der Waals surface area contributed by atoms with Gasteiger partial charge >= 0.3 is 11.9 Å². The molecule has 3 unspecified atom stereocenters. The minimum atomic E-state index is -1.64. The van der Waals surface area contributed by atoms with Gasteiger partial charge in [-0.1, -0.05) is 24.3 Å². The third-order valence-electron chi connectivity index (χ3n) is 4.48. The van der Waals surface area contributed by atoms with E-state index in [0.29, 0.717) is 11.3 Å². The monoisotopic (exact) mass is 375 g/mol. The summed E-state index contributed by atoms with van der Waals surface area (Å²) in [7, 11) is 1.26. The molecule has 1 aromatic rings. The number of ether oxygens (including phenoxy) is 1. The Morgan fingerprint density at radius 2 is 2.08 bits per heavy atom. The number of carbonyl (C=O) groups excluding carboxylic acids is 2. The van der Waals surface area contributed by atoms with Gasteiger partial charge in [0.05, 0.1) is 19.1 Å². The van der Waals surface area contributed by atoms with Crippen LogP contribution in [0.4, 0.5) is 0 Å². The van der Waals surface area contributed by atoms with Gasteiger partial charge in [-0.05, 0) is 18.6 Å². The molecule has 8 heteroatoms. The number of hydrogen-bond acceptors (Lipinski definition) is 5. The summed E-state index contributed by atoms with van der Waals surface area (Å²) in [5.74, 6) is -2.54. The Kier molecular flexibility index (Phi) is 5.15. The normalized spacial score (nSPS) is 23.0. The summed E-state index contributed by atoms with van der Waals surface area (Å²) in [6.07, 6.45) is 3.32. The maximum atomic E-state index is 12.8. The van der Waals surface area contributed by atoms with Crippen LogP contribution in [0, 0.1) is 5.92 Å². The first kappa shape index (κ1) is 18.2. The predicted molar refractivity (Wildman–Crippen MR) is 92.0 cm³/mol. The van der Waals surface area contributed by atoms with Crippen LogP contribution in [0.1, 0.15) is 12.8 Å². The highest BCUT2D eigenvalue weighted by atomic mass is 32.2. The lowest BCUT2D eigenvalue weighted by atomic mass is 9.84. The molecule has 0 aliphatic carbocycles. The van der Waals surface area contributed by atoms with Crippen LogP contribution in [-0.4, -0.2) is 45.6 Å². The van der Waals surface area contributed by atoms with Crippen molar-refractivity contribution in [2.45, 2.75) is 23.8 Å². The van der Waals surface area contributed by atoms with Gasteiger partial charge in [-0.25, -0.2) is 9.59 Å². The zero-order chi connectivity index (χ0) is 18.8. The number of esters is 1. The molecule has 0 saturated carbocycles. The molecule has 2 heterocycles. The standard InChI is InChI=1S/C18H17NO6S/c1-25-15(20)9-5-8-12-13-10-14(16(18(22)23)19(13)17(12)21)26(24)11-6-3-2-4-7-11/h2-7,9,12-13H,8,10H2,1H3,(H,22,23)/b9-5+. The van der Waals surface area contributed by atoms with E-state index in [1.165, 1.54) is 18.1 Å². The number of carbonyl (C=O) groups is 3. The van der Waals surface area contributed by atoms with E-state index in [0.717, 1.165) is 0 Å². The number of carboxylic acid groups (broad SMARTS) is 1. The molecule has 0 radical (unpaired) electrons. The smallest absolute Gasteiger partial charge is 0.357 e. The minimum Gasteiger partial charge on any atom is -0.607 e. The summed E-state index contributed by atoms with van der Waals surface area (Å²) in [5.41, 5.74) is -0.185. The summed E-state index contributed by atoms with van der Waals surface area (Å²) in [6, 6.07) is 8.21. The van der Waals surface area contributed by atoms with Crippen molar-refractivity contribution >= 4 is 29.0 Å². The van der Waals surface area contributed by atoms with Crippen molar-refractivity contribution in [2.24, 2.45) is 5.92 Å². The quantitative estimate of drug-likeness (QED) is 0.349. The molecule has 3 rings (SSSR count). The lowest BCUT2D eigenvalue weighted by molar-refractivity contribution is -0.154. The largest absolute Gasteiger partial charge is 0.607 e. The molecule has 2 aliphatic rings. The zero-order valence-corrected chi connectivity index (χ0v) is 14.8. The maximum absolute atomic E-state index is 12.8. The number of amides is 1. The number of aliphatic carboxylic acids is 1. The Hall–Kier alpha value is -2.58. The number of β-lactam (4-membered cyclic amide) rings is 1. The lowest BCUT2D eigenvalue weighted by Gasteiger charge is -2.42. The van der Waals surface area contributed by atoms with E-state index in [4.69, 9.17) is 0 Å². The van der Waals surface area contributed by atoms with Crippen molar-refractivity contribution in [1.82, 2.24) is 4.90 Å². The maximum Gasteiger partial charge on any atom is 0.357 e. The van der Waals surface area contributed by atoms with E-state index in [1.807, 2.05) is 0 Å². The number of hydrogen-bond donors (Lipinski definition) is 1. The highest BCUT2D eigenvalue weighted by Crippen LogP contribution is 2.46. The SMILES string of the molecule is COC(=O)/C=C/CC1C(=O)N2C(C(=O)O)=C([S+]([O-])c3ccccc3)CC12. The van der Waals surface area contributed by atoms with E-state index >= 15 is 0 Å². The van der Waals surface area contributed by atoms with E-state index in [2.05, 4.69) is 4.74 Å². The molecule has 26 heavy (non-hydrogen) atoms. The fraction of sp³-hybridized carbons (Fsp3) is 0.278. The number of allylic oxidation sites excluding steroid dienone is 1. The molecular formula is C18H17NO6S. The Balaban J connectivity index is 1.81. The molecule has 0 bridgehead atoms. The average molecular weight is 375 g/mol. The number of benzene rings is 1. The van der Waals surface area contributed by atoms with Crippen LogP contribution in [0.15, 0.2) is 58.0 Å². The summed E-state index contributed by atoms with van der Waals surface area (Å²) in [5, 5.41) is 9.52. The Bertz CT molecular complexity index is 803. The highest BCUT2D eigenvalue weighted by Gasteiger charge is 2.57. The van der Waals surface area contributed by atoms with Gasteiger partial charge < -0.3 is 14.4 Å². The third kappa shape index (κ3) is 3.13. The van der Waals surface area contributed by atoms with Crippen molar-refractivity contribution in [3.63, 3.8) is 0 Å². The summed E-state index contributed by atoms with van der Waals surface area (Å²) in [4.78, 5) is 37.1. The molecule has 1 saturated heterocycles. The Labute approximate surface area is 153 Å². The highest BCUT2D eigenvalue weighted by molar-refractivity contribution is 7.95. The second-order valence-electron chi connectivity index (χ2n) is 5.91. The Morgan fingerprint density at radius 3 is 2.69 bits per heavy atom. The van der Waals surface area contributed by atoms with Gasteiger partial charge in [-0.3, -0.25) is 9.69 Å². The first-order valence-electron chi connectivity index (χ1n) is 7.96. The fourth-order valence-electron chi connectivity index (χ4n) is 3.24. The van der Waals surface area contributed by atoms with Crippen LogP contribution in [0.25, 0.3) is 0 Å². The lowest BCUT2D eigenvalue weighted by Crippen LogP contribution is -2.58. The first-order chi connectivity index (χ1) is 12.5. The van der Waals surface area contributed by atoms with Crippen LogP contribution >= 0.6 is 0 Å². The second-order valence-corrected chi connectivity index (χ2v) is 7.41. The van der Waals surface area contributed by atoms with Crippen LogP contribution in [0.3, 0.4) is 0 Å². The molecule has 136 valence electrons. The van der Waals surface area contributed by atoms with Gasteiger partial charge in [0, 0.05) is 23.7 Å². The molecule has 1 amide bonds. The number of rotatable bonds is 6. The zero-order valence-electron chi connectivity index (χ0n) is 14.0. The van der Waals surface area contributed by atoms with Crippen molar-refractivity contribution in [3.05, 3.63) is 53.1 Å². The molecule has 3 atom stereocenters. The predicted octanol–water partition coefficient (Wildman–Crippen LogP) is 1.44. The van der Waals surface area contributed by atoms with Gasteiger partial charge in [0.25, 0.3) is 0 Å². The van der Waals surface area contributed by atoms with Crippen molar-refractivity contribution in [1.29, 1.82) is 0 Å². The number of fused-ring (bicyclic) bond motifs is 1. The summed E-state index contributed by atoms with van der Waals surface area (Å²) < 4.78 is 17.3. The summed E-state index contributed by atoms with van der Waals surface area (Å²) in [6.45, 7) is 0. The van der Waals surface area contributed by atoms with Crippen LogP contribution < -0.4 is 0 Å². The van der Waals surface area contributed by atoms with E-state index < -0.39 is 29.0 Å². The molecule has 7 nitrogen and oxygen atoms in total. The van der Waals surface area contributed by atoms with Gasteiger partial charge in [0.2, 0.25) is 5.91 Å². The van der Waals surface area contributed by atoms with Gasteiger partial charge in [-0.15, -0.1) is 0 Å². The van der Waals surface area contributed by atoms with Crippen LogP contribution in [0.2, 0.25) is 0 Å². The van der Waals surface area contributed by atoms with Crippen molar-refractivity contribution in [2.75, 3.05) is 7.11 Å². The minimum absolute atomic E-state index is 0.185. The first-order valence-corrected chi connectivity index (χ1v) is 9.11. The van der Waals surface area contributed by atoms with Crippen molar-refractivity contribution in [3.8, 4) is 0 Å². The molecule has 1 aromatic carbocycles.